The molecule has 0 aliphatic carbocycles. The van der Waals surface area contributed by atoms with Crippen molar-refractivity contribution in [3.05, 3.63) is 53.9 Å². The molecule has 2 saturated heterocycles. The zero-order valence-electron chi connectivity index (χ0n) is 15.0. The molecule has 136 valence electrons. The number of amides is 1. The van der Waals surface area contributed by atoms with Gasteiger partial charge in [-0.15, -0.1) is 0 Å². The van der Waals surface area contributed by atoms with Gasteiger partial charge < -0.3 is 15.0 Å². The molecule has 1 atom stereocenters. The van der Waals surface area contributed by atoms with Gasteiger partial charge in [0.15, 0.2) is 0 Å². The summed E-state index contributed by atoms with van der Waals surface area (Å²) in [4.78, 5) is 22.8. The van der Waals surface area contributed by atoms with Crippen LogP contribution >= 0.6 is 0 Å². The van der Waals surface area contributed by atoms with Gasteiger partial charge in [-0.05, 0) is 43.9 Å². The molecule has 26 heavy (non-hydrogen) atoms. The first-order valence-electron chi connectivity index (χ1n) is 9.14. The maximum atomic E-state index is 12.6. The highest BCUT2D eigenvalue weighted by molar-refractivity contribution is 5.95. The Bertz CT molecular complexity index is 764. The lowest BCUT2D eigenvalue weighted by atomic mass is 9.82. The molecule has 3 heterocycles. The van der Waals surface area contributed by atoms with Crippen LogP contribution in [0.4, 0.5) is 5.95 Å². The van der Waals surface area contributed by atoms with Gasteiger partial charge in [0.1, 0.15) is 5.60 Å². The molecule has 1 unspecified atom stereocenters. The number of carbonyl (C=O) groups excluding carboxylic acids is 1. The summed E-state index contributed by atoms with van der Waals surface area (Å²) in [5, 5.41) is 3.26. The van der Waals surface area contributed by atoms with Crippen LogP contribution in [0.25, 0.3) is 0 Å². The summed E-state index contributed by atoms with van der Waals surface area (Å²) in [6.45, 7) is 4.93. The van der Waals surface area contributed by atoms with Gasteiger partial charge in [0.05, 0.1) is 19.7 Å². The van der Waals surface area contributed by atoms with E-state index in [1.165, 1.54) is 0 Å². The number of rotatable bonds is 4. The highest BCUT2D eigenvalue weighted by atomic mass is 16.5. The van der Waals surface area contributed by atoms with Crippen molar-refractivity contribution in [3.8, 4) is 0 Å². The molecule has 1 spiro atoms. The number of likely N-dealkylation sites (tertiary alicyclic amines) is 1. The minimum absolute atomic E-state index is 0.105. The van der Waals surface area contributed by atoms with Gasteiger partial charge in [0.25, 0.3) is 5.91 Å². The molecule has 2 fully saturated rings. The van der Waals surface area contributed by atoms with E-state index < -0.39 is 0 Å². The second-order valence-electron chi connectivity index (χ2n) is 7.38. The number of nitrogens with zero attached hydrogens (tertiary/aromatic N) is 3. The Morgan fingerprint density at radius 3 is 2.81 bits per heavy atom. The lowest BCUT2D eigenvalue weighted by Gasteiger charge is -2.52. The summed E-state index contributed by atoms with van der Waals surface area (Å²) in [7, 11) is 0. The lowest BCUT2D eigenvalue weighted by Crippen LogP contribution is -2.66. The minimum atomic E-state index is -0.140. The Hall–Kier alpha value is -2.47. The molecule has 1 aromatic heterocycles. The first kappa shape index (κ1) is 17.0. The molecule has 1 N–H and O–H groups in total. The average molecular weight is 352 g/mol. The molecule has 6 heteroatoms. The summed E-state index contributed by atoms with van der Waals surface area (Å²) < 4.78 is 6.17. The average Bonchev–Trinajstić information content (AvgIpc) is 2.65. The van der Waals surface area contributed by atoms with E-state index in [-0.39, 0.29) is 11.5 Å². The molecule has 4 rings (SSSR count). The van der Waals surface area contributed by atoms with Gasteiger partial charge in [-0.2, -0.15) is 0 Å². The van der Waals surface area contributed by atoms with E-state index in [1.807, 2.05) is 36.1 Å². The van der Waals surface area contributed by atoms with Crippen molar-refractivity contribution < 1.29 is 9.53 Å². The van der Waals surface area contributed by atoms with Crippen LogP contribution in [0.15, 0.2) is 42.7 Å². The minimum Gasteiger partial charge on any atom is -0.371 e. The Morgan fingerprint density at radius 1 is 1.31 bits per heavy atom. The number of anilines is 1. The van der Waals surface area contributed by atoms with Crippen molar-refractivity contribution in [2.24, 2.45) is 5.92 Å². The fraction of sp³-hybridized carbons (Fsp3) is 0.450. The smallest absolute Gasteiger partial charge is 0.254 e. The zero-order valence-corrected chi connectivity index (χ0v) is 15.0. The normalized spacial score (nSPS) is 21.3. The van der Waals surface area contributed by atoms with E-state index >= 15 is 0 Å². The summed E-state index contributed by atoms with van der Waals surface area (Å²) in [5.41, 5.74) is 1.73. The molecule has 0 saturated carbocycles. The van der Waals surface area contributed by atoms with Crippen LogP contribution in [-0.2, 0) is 4.74 Å². The van der Waals surface area contributed by atoms with Gasteiger partial charge in [-0.3, -0.25) is 4.79 Å². The SMILES string of the molecule is Cc1cccc(C(=O)N2CC3(CCC(CNc4ncccn4)CO3)C2)c1. The Kier molecular flexibility index (Phi) is 4.59. The highest BCUT2D eigenvalue weighted by Crippen LogP contribution is 2.36. The maximum Gasteiger partial charge on any atom is 0.254 e. The molecule has 2 aliphatic heterocycles. The van der Waals surface area contributed by atoms with Gasteiger partial charge in [0, 0.05) is 24.5 Å². The number of carbonyl (C=O) groups is 1. The Balaban J connectivity index is 1.25. The first-order chi connectivity index (χ1) is 12.6. The topological polar surface area (TPSA) is 67.4 Å². The quantitative estimate of drug-likeness (QED) is 0.916. The van der Waals surface area contributed by atoms with Crippen LogP contribution in [0.2, 0.25) is 0 Å². The number of hydrogen-bond acceptors (Lipinski definition) is 5. The van der Waals surface area contributed by atoms with Gasteiger partial charge in [-0.1, -0.05) is 17.7 Å². The molecule has 1 amide bonds. The van der Waals surface area contributed by atoms with Crippen LogP contribution in [-0.4, -0.2) is 52.6 Å². The standard InChI is InChI=1S/C20H24N4O2/c1-15-4-2-5-17(10-15)18(25)24-13-20(14-24)7-6-16(12-26-20)11-23-19-21-8-3-9-22-19/h2-5,8-10,16H,6-7,11-14H2,1H3,(H,21,22,23). The van der Waals surface area contributed by atoms with Crippen molar-refractivity contribution in [2.45, 2.75) is 25.4 Å². The van der Waals surface area contributed by atoms with Crippen LogP contribution in [0.3, 0.4) is 0 Å². The molecule has 2 aromatic rings. The molecular weight excluding hydrogens is 328 g/mol. The zero-order chi connectivity index (χ0) is 18.0. The van der Waals surface area contributed by atoms with Crippen LogP contribution in [0, 0.1) is 12.8 Å². The number of aryl methyl sites for hydroxylation is 1. The third-order valence-corrected chi connectivity index (χ3v) is 5.26. The summed E-state index contributed by atoms with van der Waals surface area (Å²) in [6.07, 6.45) is 5.55. The van der Waals surface area contributed by atoms with E-state index in [9.17, 15) is 4.79 Å². The second-order valence-corrected chi connectivity index (χ2v) is 7.38. The molecule has 0 bridgehead atoms. The van der Waals surface area contributed by atoms with Crippen molar-refractivity contribution in [2.75, 3.05) is 31.6 Å². The van der Waals surface area contributed by atoms with E-state index in [0.29, 0.717) is 31.6 Å². The number of benzene rings is 1. The predicted octanol–water partition coefficient (Wildman–Crippen LogP) is 2.52. The summed E-state index contributed by atoms with van der Waals surface area (Å²) in [6, 6.07) is 9.58. The van der Waals surface area contributed by atoms with Crippen LogP contribution in [0.5, 0.6) is 0 Å². The van der Waals surface area contributed by atoms with Crippen molar-refractivity contribution in [1.82, 2.24) is 14.9 Å². The van der Waals surface area contributed by atoms with E-state index in [2.05, 4.69) is 15.3 Å². The molecular formula is C20H24N4O2. The third kappa shape index (κ3) is 3.55. The van der Waals surface area contributed by atoms with Gasteiger partial charge in [-0.25, -0.2) is 9.97 Å². The number of ether oxygens (including phenoxy) is 1. The van der Waals surface area contributed by atoms with Crippen LogP contribution in [0.1, 0.15) is 28.8 Å². The summed E-state index contributed by atoms with van der Waals surface area (Å²) >= 11 is 0. The van der Waals surface area contributed by atoms with Crippen molar-refractivity contribution >= 4 is 11.9 Å². The largest absolute Gasteiger partial charge is 0.371 e. The predicted molar refractivity (Wildman–Crippen MR) is 99.0 cm³/mol. The van der Waals surface area contributed by atoms with E-state index in [4.69, 9.17) is 4.74 Å². The Labute approximate surface area is 153 Å². The van der Waals surface area contributed by atoms with Gasteiger partial charge >= 0.3 is 0 Å². The summed E-state index contributed by atoms with van der Waals surface area (Å²) in [5.74, 6) is 1.21. The monoisotopic (exact) mass is 352 g/mol. The second kappa shape index (κ2) is 7.03. The molecule has 2 aliphatic rings. The van der Waals surface area contributed by atoms with Crippen LogP contribution < -0.4 is 5.32 Å². The third-order valence-electron chi connectivity index (χ3n) is 5.26. The molecule has 1 aromatic carbocycles. The first-order valence-corrected chi connectivity index (χ1v) is 9.14. The fourth-order valence-corrected chi connectivity index (χ4v) is 3.71. The molecule has 0 radical (unpaired) electrons. The number of hydrogen-bond donors (Lipinski definition) is 1. The fourth-order valence-electron chi connectivity index (χ4n) is 3.71. The van der Waals surface area contributed by atoms with Crippen molar-refractivity contribution in [1.29, 1.82) is 0 Å². The highest BCUT2D eigenvalue weighted by Gasteiger charge is 2.48. The van der Waals surface area contributed by atoms with Gasteiger partial charge in [0.2, 0.25) is 5.95 Å². The number of nitrogens with one attached hydrogen (secondary N) is 1. The number of aromatic nitrogens is 2. The van der Waals surface area contributed by atoms with E-state index in [1.54, 1.807) is 18.5 Å². The Morgan fingerprint density at radius 2 is 2.12 bits per heavy atom. The van der Waals surface area contributed by atoms with Crippen molar-refractivity contribution in [3.63, 3.8) is 0 Å². The molecule has 6 nitrogen and oxygen atoms in total. The maximum absolute atomic E-state index is 12.6. The lowest BCUT2D eigenvalue weighted by molar-refractivity contribution is -0.165. The van der Waals surface area contributed by atoms with E-state index in [0.717, 1.165) is 30.5 Å².